The first kappa shape index (κ1) is 26.7. The van der Waals surface area contributed by atoms with E-state index < -0.39 is 11.7 Å². The lowest BCUT2D eigenvalue weighted by atomic mass is 9.90. The predicted molar refractivity (Wildman–Crippen MR) is 145 cm³/mol. The lowest BCUT2D eigenvalue weighted by Gasteiger charge is -2.26. The van der Waals surface area contributed by atoms with Crippen LogP contribution in [0.25, 0.3) is 0 Å². The molecule has 2 aromatic heterocycles. The number of nitrogens with zero attached hydrogens (tertiary/aromatic N) is 4. The van der Waals surface area contributed by atoms with Gasteiger partial charge in [0.05, 0.1) is 32.3 Å². The number of aromatic nitrogens is 2. The first-order chi connectivity index (χ1) is 17.5. The Balaban J connectivity index is 1.58. The highest BCUT2D eigenvalue weighted by atomic mass is 35.5. The minimum absolute atomic E-state index is 0.0963. The summed E-state index contributed by atoms with van der Waals surface area (Å²) in [7, 11) is 0. The van der Waals surface area contributed by atoms with Gasteiger partial charge < -0.3 is 20.5 Å². The van der Waals surface area contributed by atoms with E-state index in [9.17, 15) is 10.4 Å². The van der Waals surface area contributed by atoms with E-state index in [0.717, 1.165) is 6.42 Å². The fourth-order valence-electron chi connectivity index (χ4n) is 4.54. The van der Waals surface area contributed by atoms with E-state index in [1.807, 2.05) is 25.7 Å². The van der Waals surface area contributed by atoms with Crippen molar-refractivity contribution in [3.8, 4) is 11.8 Å². The van der Waals surface area contributed by atoms with Gasteiger partial charge in [0.1, 0.15) is 23.7 Å². The van der Waals surface area contributed by atoms with E-state index in [-0.39, 0.29) is 5.92 Å². The number of aliphatic hydroxyl groups is 1. The van der Waals surface area contributed by atoms with Crippen molar-refractivity contribution in [3.05, 3.63) is 75.2 Å². The molecule has 0 bridgehead atoms. The minimum Gasteiger partial charge on any atom is -0.486 e. The Hall–Kier alpha value is -3.38. The van der Waals surface area contributed by atoms with Crippen LogP contribution in [0.15, 0.2) is 42.9 Å². The lowest BCUT2D eigenvalue weighted by molar-refractivity contribution is -0.111. The fraction of sp³-hybridized carbons (Fsp3) is 0.333. The monoisotopic (exact) mass is 539 g/mol. The molecule has 0 radical (unpaired) electrons. The molecule has 3 heterocycles. The molecule has 1 aliphatic heterocycles. The number of nitrogens with two attached hydrogens (primary N) is 2. The molecule has 10 heteroatoms. The molecule has 37 heavy (non-hydrogen) atoms. The lowest BCUT2D eigenvalue weighted by Crippen LogP contribution is -2.41. The molecule has 8 nitrogen and oxygen atoms in total. The van der Waals surface area contributed by atoms with E-state index in [1.165, 1.54) is 12.4 Å². The van der Waals surface area contributed by atoms with Crippen molar-refractivity contribution < 1.29 is 15.3 Å². The highest BCUT2D eigenvalue weighted by Gasteiger charge is 2.35. The van der Waals surface area contributed by atoms with Gasteiger partial charge in [0.2, 0.25) is 5.71 Å². The number of nitriles is 1. The van der Waals surface area contributed by atoms with Crippen LogP contribution in [0.3, 0.4) is 0 Å². The molecule has 3 aromatic rings. The van der Waals surface area contributed by atoms with Crippen LogP contribution in [0.2, 0.25) is 10.0 Å². The van der Waals surface area contributed by atoms with Crippen LogP contribution in [0.5, 0.6) is 5.75 Å². The number of anilines is 2. The summed E-state index contributed by atoms with van der Waals surface area (Å²) in [5.74, 6) is 1.19. The zero-order valence-corrected chi connectivity index (χ0v) is 22.4. The SMILES string of the molecule is C[C@@H](Oc1ccc(N)c(C(=[NH2+])c2cnc(N3CC[C@@H](C(C)(C)O)C3)c(C#N)c2)c1)c1c(Cl)cncc1Cl. The highest BCUT2D eigenvalue weighted by molar-refractivity contribution is 6.35. The van der Waals surface area contributed by atoms with Crippen molar-refractivity contribution >= 4 is 40.4 Å². The number of nitrogen functional groups attached to an aromatic ring is 1. The number of hydrogen-bond acceptors (Lipinski definition) is 7. The normalized spacial score (nSPS) is 16.4. The van der Waals surface area contributed by atoms with Crippen molar-refractivity contribution in [1.82, 2.24) is 9.97 Å². The minimum atomic E-state index is -0.796. The Morgan fingerprint density at radius 3 is 2.59 bits per heavy atom. The first-order valence-corrected chi connectivity index (χ1v) is 12.6. The maximum absolute atomic E-state index is 10.4. The van der Waals surface area contributed by atoms with Gasteiger partial charge in [-0.15, -0.1) is 0 Å². The predicted octanol–water partition coefficient (Wildman–Crippen LogP) is 3.57. The molecule has 5 N–H and O–H groups in total. The van der Waals surface area contributed by atoms with Crippen molar-refractivity contribution in [1.29, 1.82) is 5.26 Å². The molecule has 4 rings (SSSR count). The number of ether oxygens (including phenoxy) is 1. The summed E-state index contributed by atoms with van der Waals surface area (Å²) < 4.78 is 6.10. The number of benzene rings is 1. The quantitative estimate of drug-likeness (QED) is 0.308. The molecule has 0 aliphatic carbocycles. The molecular formula is C27H29Cl2N6O2+. The molecule has 192 valence electrons. The highest BCUT2D eigenvalue weighted by Crippen LogP contribution is 2.34. The second-order valence-corrected chi connectivity index (χ2v) is 10.5. The maximum Gasteiger partial charge on any atom is 0.215 e. The molecule has 0 unspecified atom stereocenters. The van der Waals surface area contributed by atoms with Crippen LogP contribution in [0.4, 0.5) is 11.5 Å². The largest absolute Gasteiger partial charge is 0.486 e. The third-order valence-corrected chi connectivity index (χ3v) is 7.31. The molecule has 1 aromatic carbocycles. The van der Waals surface area contributed by atoms with Gasteiger partial charge in [0.25, 0.3) is 0 Å². The van der Waals surface area contributed by atoms with Crippen LogP contribution in [0, 0.1) is 17.2 Å². The summed E-state index contributed by atoms with van der Waals surface area (Å²) in [4.78, 5) is 10.6. The van der Waals surface area contributed by atoms with Gasteiger partial charge in [-0.05, 0) is 51.5 Å². The van der Waals surface area contributed by atoms with E-state index in [4.69, 9.17) is 39.1 Å². The van der Waals surface area contributed by atoms with Gasteiger partial charge in [-0.3, -0.25) is 10.4 Å². The smallest absolute Gasteiger partial charge is 0.215 e. The molecule has 0 saturated carbocycles. The summed E-state index contributed by atoms with van der Waals surface area (Å²) >= 11 is 12.6. The maximum atomic E-state index is 10.4. The average Bonchev–Trinajstić information content (AvgIpc) is 3.35. The van der Waals surface area contributed by atoms with E-state index in [0.29, 0.717) is 68.4 Å². The van der Waals surface area contributed by atoms with Crippen molar-refractivity contribution in [2.75, 3.05) is 23.7 Å². The van der Waals surface area contributed by atoms with Crippen LogP contribution >= 0.6 is 23.2 Å². The zero-order valence-electron chi connectivity index (χ0n) is 20.9. The molecule has 0 amide bonds. The van der Waals surface area contributed by atoms with E-state index >= 15 is 0 Å². The van der Waals surface area contributed by atoms with Crippen LogP contribution in [-0.2, 0) is 0 Å². The second-order valence-electron chi connectivity index (χ2n) is 9.73. The van der Waals surface area contributed by atoms with Crippen molar-refractivity contribution in [3.63, 3.8) is 0 Å². The van der Waals surface area contributed by atoms with Gasteiger partial charge in [-0.1, -0.05) is 23.2 Å². The molecule has 0 spiro atoms. The molecule has 1 aliphatic rings. The Morgan fingerprint density at radius 1 is 1.27 bits per heavy atom. The Kier molecular flexibility index (Phi) is 7.60. The number of hydrogen-bond donors (Lipinski definition) is 3. The van der Waals surface area contributed by atoms with Crippen molar-refractivity contribution in [2.45, 2.75) is 38.9 Å². The van der Waals surface area contributed by atoms with Gasteiger partial charge in [0, 0.05) is 48.8 Å². The topological polar surface area (TPSA) is 134 Å². The van der Waals surface area contributed by atoms with Crippen LogP contribution in [-0.4, -0.2) is 39.5 Å². The van der Waals surface area contributed by atoms with Gasteiger partial charge in [-0.2, -0.15) is 5.26 Å². The second kappa shape index (κ2) is 10.5. The summed E-state index contributed by atoms with van der Waals surface area (Å²) in [5, 5.41) is 27.6. The first-order valence-electron chi connectivity index (χ1n) is 11.8. The fourth-order valence-corrected chi connectivity index (χ4v) is 5.21. The Bertz CT molecular complexity index is 1360. The number of pyridine rings is 2. The summed E-state index contributed by atoms with van der Waals surface area (Å²) in [5.41, 5.74) is 8.41. The summed E-state index contributed by atoms with van der Waals surface area (Å²) in [6, 6.07) is 9.11. The number of rotatable bonds is 7. The van der Waals surface area contributed by atoms with E-state index in [2.05, 4.69) is 16.0 Å². The molecule has 1 fully saturated rings. The standard InChI is InChI=1S/C27H28Cl2N6O2/c1-15(24-21(28)12-33-13-22(24)29)37-19-4-5-23(31)20(9-19)25(32)17-8-16(10-30)26(34-11-17)35-7-6-18(14-35)27(2,3)36/h4-5,8-9,11-13,15,18,32,36H,6-7,14,31H2,1-3H3/p+1/t15-,18-/m1/s1. The summed E-state index contributed by atoms with van der Waals surface area (Å²) in [6.07, 6.45) is 5.03. The number of halogens is 2. The Morgan fingerprint density at radius 2 is 1.97 bits per heavy atom. The van der Waals surface area contributed by atoms with Crippen LogP contribution in [0.1, 0.15) is 55.5 Å². The zero-order chi connectivity index (χ0) is 26.9. The molecule has 2 atom stereocenters. The molecule has 1 saturated heterocycles. The third-order valence-electron chi connectivity index (χ3n) is 6.71. The van der Waals surface area contributed by atoms with Crippen LogP contribution < -0.4 is 20.8 Å². The molecular weight excluding hydrogens is 511 g/mol. The summed E-state index contributed by atoms with van der Waals surface area (Å²) in [6.45, 7) is 6.78. The Labute approximate surface area is 226 Å². The van der Waals surface area contributed by atoms with Crippen molar-refractivity contribution in [2.24, 2.45) is 5.92 Å². The average molecular weight is 540 g/mol. The van der Waals surface area contributed by atoms with Gasteiger partial charge >= 0.3 is 0 Å². The van der Waals surface area contributed by atoms with E-state index in [1.54, 1.807) is 30.5 Å². The third kappa shape index (κ3) is 5.64. The van der Waals surface area contributed by atoms with Gasteiger partial charge in [0.15, 0.2) is 0 Å². The van der Waals surface area contributed by atoms with Gasteiger partial charge in [-0.25, -0.2) is 4.98 Å².